The summed E-state index contributed by atoms with van der Waals surface area (Å²) < 4.78 is 5.44. The molecule has 1 aliphatic rings. The van der Waals surface area contributed by atoms with Crippen LogP contribution in [0, 0.1) is 18.3 Å². The Morgan fingerprint density at radius 2 is 1.91 bits per heavy atom. The Bertz CT molecular complexity index is 1110. The van der Waals surface area contributed by atoms with Crippen molar-refractivity contribution in [3.63, 3.8) is 0 Å². The lowest BCUT2D eigenvalue weighted by atomic mass is 10.0. The molecule has 0 spiro atoms. The summed E-state index contributed by atoms with van der Waals surface area (Å²) in [6.07, 6.45) is 2.06. The Morgan fingerprint density at radius 3 is 2.56 bits per heavy atom. The summed E-state index contributed by atoms with van der Waals surface area (Å²) in [5.41, 5.74) is 6.89. The quantitative estimate of drug-likeness (QED) is 0.651. The summed E-state index contributed by atoms with van der Waals surface area (Å²) in [6.45, 7) is 5.92. The number of morpholine rings is 1. The molecular formula is C26H26N4O2. The maximum Gasteiger partial charge on any atom is 0.226 e. The van der Waals surface area contributed by atoms with Crippen molar-refractivity contribution in [2.45, 2.75) is 19.9 Å². The summed E-state index contributed by atoms with van der Waals surface area (Å²) in [5.74, 6) is -0.0827. The minimum absolute atomic E-state index is 0.0827. The fraction of sp³-hybridized carbons (Fsp3) is 0.269. The minimum Gasteiger partial charge on any atom is -0.378 e. The maximum atomic E-state index is 12.3. The van der Waals surface area contributed by atoms with Gasteiger partial charge in [0.2, 0.25) is 5.91 Å². The Kier molecular flexibility index (Phi) is 6.78. The largest absolute Gasteiger partial charge is 0.378 e. The van der Waals surface area contributed by atoms with Crippen LogP contribution in [-0.2, 0) is 22.5 Å². The van der Waals surface area contributed by atoms with E-state index in [1.54, 1.807) is 12.1 Å². The van der Waals surface area contributed by atoms with E-state index in [0.29, 0.717) is 12.1 Å². The van der Waals surface area contributed by atoms with Gasteiger partial charge in [-0.2, -0.15) is 5.26 Å². The minimum atomic E-state index is -0.0827. The predicted molar refractivity (Wildman–Crippen MR) is 124 cm³/mol. The molecule has 3 aromatic rings. The monoisotopic (exact) mass is 426 g/mol. The molecule has 1 saturated heterocycles. The zero-order valence-corrected chi connectivity index (χ0v) is 18.2. The summed E-state index contributed by atoms with van der Waals surface area (Å²) >= 11 is 0. The molecule has 0 atom stereocenters. The molecule has 4 rings (SSSR count). The van der Waals surface area contributed by atoms with Gasteiger partial charge in [0, 0.05) is 42.8 Å². The Labute approximate surface area is 188 Å². The van der Waals surface area contributed by atoms with E-state index in [2.05, 4.69) is 46.4 Å². The molecule has 1 aliphatic heterocycles. The fourth-order valence-corrected chi connectivity index (χ4v) is 3.80. The second-order valence-electron chi connectivity index (χ2n) is 7.90. The number of pyridine rings is 1. The van der Waals surface area contributed by atoms with Crippen LogP contribution in [-0.4, -0.2) is 37.2 Å². The second-order valence-corrected chi connectivity index (χ2v) is 7.90. The van der Waals surface area contributed by atoms with Gasteiger partial charge in [-0.1, -0.05) is 24.3 Å². The molecule has 0 unspecified atom stereocenters. The van der Waals surface area contributed by atoms with Crippen molar-refractivity contribution in [3.05, 3.63) is 83.2 Å². The molecule has 6 heteroatoms. The lowest BCUT2D eigenvalue weighted by molar-refractivity contribution is -0.120. The highest BCUT2D eigenvalue weighted by atomic mass is 16.5. The van der Waals surface area contributed by atoms with Gasteiger partial charge in [-0.3, -0.25) is 9.78 Å². The molecule has 32 heavy (non-hydrogen) atoms. The van der Waals surface area contributed by atoms with E-state index in [1.807, 2.05) is 30.5 Å². The van der Waals surface area contributed by atoms with Gasteiger partial charge in [0.05, 0.1) is 31.3 Å². The third-order valence-corrected chi connectivity index (χ3v) is 5.64. The fourth-order valence-electron chi connectivity index (χ4n) is 3.80. The Morgan fingerprint density at radius 1 is 1.12 bits per heavy atom. The van der Waals surface area contributed by atoms with E-state index < -0.39 is 0 Å². The number of hydrogen-bond acceptors (Lipinski definition) is 5. The number of aryl methyl sites for hydroxylation is 1. The number of anilines is 1. The van der Waals surface area contributed by atoms with Crippen LogP contribution < -0.4 is 10.2 Å². The Balaban J connectivity index is 1.35. The first-order chi connectivity index (χ1) is 15.6. The average Bonchev–Trinajstić information content (AvgIpc) is 2.84. The summed E-state index contributed by atoms with van der Waals surface area (Å²) in [5, 5.41) is 11.8. The number of nitriles is 1. The number of amides is 1. The van der Waals surface area contributed by atoms with Gasteiger partial charge in [-0.25, -0.2) is 0 Å². The maximum absolute atomic E-state index is 12.3. The van der Waals surface area contributed by atoms with Crippen molar-refractivity contribution < 1.29 is 9.53 Å². The van der Waals surface area contributed by atoms with Crippen LogP contribution in [0.25, 0.3) is 11.1 Å². The van der Waals surface area contributed by atoms with Gasteiger partial charge in [0.15, 0.2) is 0 Å². The van der Waals surface area contributed by atoms with Gasteiger partial charge in [-0.15, -0.1) is 0 Å². The Hall–Kier alpha value is -3.69. The van der Waals surface area contributed by atoms with Crippen LogP contribution in [0.2, 0.25) is 0 Å². The molecular weight excluding hydrogens is 400 g/mol. The topological polar surface area (TPSA) is 78.2 Å². The van der Waals surface area contributed by atoms with Crippen molar-refractivity contribution in [1.29, 1.82) is 5.26 Å². The molecule has 1 fully saturated rings. The molecule has 0 radical (unpaired) electrons. The number of benzene rings is 2. The van der Waals surface area contributed by atoms with Gasteiger partial charge in [0.1, 0.15) is 0 Å². The first-order valence-corrected chi connectivity index (χ1v) is 10.8. The van der Waals surface area contributed by atoms with Crippen LogP contribution >= 0.6 is 0 Å². The number of hydrogen-bond donors (Lipinski definition) is 1. The van der Waals surface area contributed by atoms with E-state index in [9.17, 15) is 4.79 Å². The third kappa shape index (κ3) is 5.32. The van der Waals surface area contributed by atoms with Crippen molar-refractivity contribution in [2.24, 2.45) is 0 Å². The second kappa shape index (κ2) is 10.1. The molecule has 6 nitrogen and oxygen atoms in total. The van der Waals surface area contributed by atoms with Gasteiger partial charge in [0.25, 0.3) is 0 Å². The van der Waals surface area contributed by atoms with Gasteiger partial charge in [-0.05, 0) is 53.9 Å². The van der Waals surface area contributed by atoms with E-state index >= 15 is 0 Å². The summed E-state index contributed by atoms with van der Waals surface area (Å²) in [4.78, 5) is 19.1. The van der Waals surface area contributed by atoms with Crippen molar-refractivity contribution in [1.82, 2.24) is 10.3 Å². The average molecular weight is 427 g/mol. The van der Waals surface area contributed by atoms with E-state index in [0.717, 1.165) is 48.7 Å². The van der Waals surface area contributed by atoms with Gasteiger partial charge < -0.3 is 15.0 Å². The highest BCUT2D eigenvalue weighted by Crippen LogP contribution is 2.27. The summed E-state index contributed by atoms with van der Waals surface area (Å²) in [6, 6.07) is 19.7. The van der Waals surface area contributed by atoms with Crippen molar-refractivity contribution >= 4 is 11.6 Å². The van der Waals surface area contributed by atoms with E-state index in [1.165, 1.54) is 11.3 Å². The number of nitrogens with zero attached hydrogens (tertiary/aromatic N) is 3. The first kappa shape index (κ1) is 21.5. The molecule has 162 valence electrons. The van der Waals surface area contributed by atoms with Gasteiger partial charge >= 0.3 is 0 Å². The standard InChI is InChI=1S/C26H26N4O2/c1-19-14-24(30-10-12-32-13-11-30)8-9-25(19)22-6-7-23(28-18-22)15-26(31)29-17-21-4-2-20(16-27)3-5-21/h2-9,14,18H,10-13,15,17H2,1H3,(H,29,31). The summed E-state index contributed by atoms with van der Waals surface area (Å²) in [7, 11) is 0. The number of carbonyl (C=O) groups is 1. The number of rotatable bonds is 6. The van der Waals surface area contributed by atoms with Crippen LogP contribution in [0.1, 0.15) is 22.4 Å². The molecule has 0 bridgehead atoms. The lowest BCUT2D eigenvalue weighted by Crippen LogP contribution is -2.36. The smallest absolute Gasteiger partial charge is 0.226 e. The highest BCUT2D eigenvalue weighted by Gasteiger charge is 2.13. The van der Waals surface area contributed by atoms with Crippen molar-refractivity contribution in [3.8, 4) is 17.2 Å². The van der Waals surface area contributed by atoms with E-state index in [4.69, 9.17) is 10.00 Å². The molecule has 1 amide bonds. The van der Waals surface area contributed by atoms with Crippen LogP contribution in [0.5, 0.6) is 0 Å². The molecule has 1 N–H and O–H groups in total. The van der Waals surface area contributed by atoms with E-state index in [-0.39, 0.29) is 12.3 Å². The lowest BCUT2D eigenvalue weighted by Gasteiger charge is -2.29. The highest BCUT2D eigenvalue weighted by molar-refractivity contribution is 5.78. The number of aromatic nitrogens is 1. The zero-order valence-electron chi connectivity index (χ0n) is 18.2. The molecule has 1 aromatic heterocycles. The molecule has 0 aliphatic carbocycles. The first-order valence-electron chi connectivity index (χ1n) is 10.8. The van der Waals surface area contributed by atoms with Crippen LogP contribution in [0.4, 0.5) is 5.69 Å². The number of nitrogens with one attached hydrogen (secondary N) is 1. The number of carbonyl (C=O) groups excluding carboxylic acids is 1. The van der Waals surface area contributed by atoms with Crippen molar-refractivity contribution in [2.75, 3.05) is 31.2 Å². The normalized spacial score (nSPS) is 13.4. The van der Waals surface area contributed by atoms with Crippen LogP contribution in [0.15, 0.2) is 60.8 Å². The zero-order chi connectivity index (χ0) is 22.3. The SMILES string of the molecule is Cc1cc(N2CCOCC2)ccc1-c1ccc(CC(=O)NCc2ccc(C#N)cc2)nc1. The molecule has 2 aromatic carbocycles. The number of ether oxygens (including phenoxy) is 1. The third-order valence-electron chi connectivity index (χ3n) is 5.64. The van der Waals surface area contributed by atoms with Crippen LogP contribution in [0.3, 0.4) is 0 Å². The predicted octanol–water partition coefficient (Wildman–Crippen LogP) is 3.62. The molecule has 0 saturated carbocycles. The molecule has 2 heterocycles.